The van der Waals surface area contributed by atoms with Crippen LogP contribution < -0.4 is 0 Å². The summed E-state index contributed by atoms with van der Waals surface area (Å²) < 4.78 is 0. The molecule has 0 saturated carbocycles. The molecular weight excluding hydrogens is 228 g/mol. The van der Waals surface area contributed by atoms with Crippen LogP contribution in [-0.4, -0.2) is 12.2 Å². The van der Waals surface area contributed by atoms with E-state index in [2.05, 4.69) is 9.98 Å². The van der Waals surface area contributed by atoms with E-state index in [1.165, 1.54) is 0 Å². The van der Waals surface area contributed by atoms with Gasteiger partial charge in [-0.2, -0.15) is 4.99 Å². The van der Waals surface area contributed by atoms with E-state index in [1.54, 1.807) is 12.2 Å². The molecule has 0 atom stereocenters. The van der Waals surface area contributed by atoms with Crippen molar-refractivity contribution in [1.82, 2.24) is 0 Å². The number of hydrogen-bond acceptors (Lipinski definition) is 4. The second kappa shape index (κ2) is 5.54. The highest BCUT2D eigenvalue weighted by Gasteiger charge is 2.23. The highest BCUT2D eigenvalue weighted by molar-refractivity contribution is 5.46. The predicted octanol–water partition coefficient (Wildman–Crippen LogP) is 2.71. The zero-order valence-corrected chi connectivity index (χ0v) is 11.1. The third kappa shape index (κ3) is 2.80. The number of hydrogen-bond donors (Lipinski definition) is 0. The molecule has 94 valence electrons. The van der Waals surface area contributed by atoms with Gasteiger partial charge in [-0.1, -0.05) is 12.1 Å². The quantitative estimate of drug-likeness (QED) is 0.604. The van der Waals surface area contributed by atoms with E-state index in [0.717, 1.165) is 22.3 Å². The Morgan fingerprint density at radius 1 is 1.17 bits per heavy atom. The van der Waals surface area contributed by atoms with Gasteiger partial charge >= 0.3 is 0 Å². The number of aliphatic imine (C=N–C) groups is 2. The average Bonchev–Trinajstić information content (AvgIpc) is 2.28. The van der Waals surface area contributed by atoms with Gasteiger partial charge in [-0.05, 0) is 49.9 Å². The van der Waals surface area contributed by atoms with Crippen LogP contribution in [0.1, 0.15) is 36.1 Å². The topological polar surface area (TPSA) is 58.9 Å². The Bertz CT molecular complexity index is 549. The fourth-order valence-corrected chi connectivity index (χ4v) is 2.08. The van der Waals surface area contributed by atoms with Crippen LogP contribution in [0.15, 0.2) is 22.1 Å². The first-order valence-corrected chi connectivity index (χ1v) is 5.66. The van der Waals surface area contributed by atoms with Crippen LogP contribution in [0.2, 0.25) is 0 Å². The van der Waals surface area contributed by atoms with Gasteiger partial charge in [0.1, 0.15) is 0 Å². The molecule has 4 nitrogen and oxygen atoms in total. The van der Waals surface area contributed by atoms with Crippen molar-refractivity contribution in [2.45, 2.75) is 39.8 Å². The zero-order chi connectivity index (χ0) is 13.8. The summed E-state index contributed by atoms with van der Waals surface area (Å²) >= 11 is 0. The Balaban J connectivity index is 3.40. The van der Waals surface area contributed by atoms with Gasteiger partial charge in [-0.3, -0.25) is 0 Å². The smallest absolute Gasteiger partial charge is 0.211 e. The van der Waals surface area contributed by atoms with E-state index in [4.69, 9.17) is 0 Å². The monoisotopic (exact) mass is 244 g/mol. The normalized spacial score (nSPS) is 10.4. The molecule has 0 bridgehead atoms. The molecule has 0 heterocycles. The molecule has 0 aliphatic carbocycles. The molecule has 0 aliphatic rings. The Labute approximate surface area is 106 Å². The maximum atomic E-state index is 10.5. The van der Waals surface area contributed by atoms with Crippen LogP contribution in [0.4, 0.5) is 0 Å². The molecule has 0 saturated heterocycles. The minimum Gasteiger partial charge on any atom is -0.211 e. The first kappa shape index (κ1) is 14.0. The number of rotatable bonds is 4. The van der Waals surface area contributed by atoms with E-state index < -0.39 is 5.54 Å². The largest absolute Gasteiger partial charge is 0.235 e. The van der Waals surface area contributed by atoms with E-state index in [-0.39, 0.29) is 0 Å². The zero-order valence-electron chi connectivity index (χ0n) is 11.1. The number of carbonyl (C=O) groups excluding carboxylic acids is 2. The summed E-state index contributed by atoms with van der Waals surface area (Å²) in [6, 6.07) is 3.89. The van der Waals surface area contributed by atoms with Crippen LogP contribution in [-0.2, 0) is 21.7 Å². The molecule has 1 aromatic rings. The molecule has 18 heavy (non-hydrogen) atoms. The number of aryl methyl sites for hydroxylation is 1. The van der Waals surface area contributed by atoms with Gasteiger partial charge < -0.3 is 0 Å². The molecule has 1 rings (SSSR count). The second-order valence-electron chi connectivity index (χ2n) is 4.70. The van der Waals surface area contributed by atoms with Crippen LogP contribution >= 0.6 is 0 Å². The first-order valence-electron chi connectivity index (χ1n) is 5.66. The maximum absolute atomic E-state index is 10.5. The summed E-state index contributed by atoms with van der Waals surface area (Å²) in [5, 5.41) is 0. The van der Waals surface area contributed by atoms with Crippen molar-refractivity contribution < 1.29 is 9.59 Å². The van der Waals surface area contributed by atoms with Crippen molar-refractivity contribution in [3.8, 4) is 0 Å². The standard InChI is InChI=1S/C14H16N2O2/c1-10-5-6-13(14(3,4)16-9-18)11(2)12(10)7-15-8-17/h5-6H,7H2,1-4H3. The lowest BCUT2D eigenvalue weighted by Gasteiger charge is -2.23. The summed E-state index contributed by atoms with van der Waals surface area (Å²) in [5.41, 5.74) is 3.34. The Hall–Kier alpha value is -2.02. The molecule has 0 amide bonds. The molecular formula is C14H16N2O2. The fourth-order valence-electron chi connectivity index (χ4n) is 2.08. The predicted molar refractivity (Wildman–Crippen MR) is 68.9 cm³/mol. The summed E-state index contributed by atoms with van der Waals surface area (Å²) in [6.07, 6.45) is 3.14. The third-order valence-corrected chi connectivity index (χ3v) is 3.12. The van der Waals surface area contributed by atoms with Crippen molar-refractivity contribution in [2.24, 2.45) is 9.98 Å². The maximum Gasteiger partial charge on any atom is 0.235 e. The number of isocyanates is 2. The van der Waals surface area contributed by atoms with Crippen molar-refractivity contribution in [1.29, 1.82) is 0 Å². The van der Waals surface area contributed by atoms with Crippen LogP contribution in [0.25, 0.3) is 0 Å². The summed E-state index contributed by atoms with van der Waals surface area (Å²) in [4.78, 5) is 28.1. The average molecular weight is 244 g/mol. The molecule has 0 N–H and O–H groups in total. The molecule has 0 spiro atoms. The highest BCUT2D eigenvalue weighted by Crippen LogP contribution is 2.30. The Morgan fingerprint density at radius 2 is 1.83 bits per heavy atom. The van der Waals surface area contributed by atoms with Crippen molar-refractivity contribution in [2.75, 3.05) is 0 Å². The van der Waals surface area contributed by atoms with Crippen LogP contribution in [0.5, 0.6) is 0 Å². The van der Waals surface area contributed by atoms with Gasteiger partial charge in [0, 0.05) is 0 Å². The molecule has 0 fully saturated rings. The number of nitrogens with zero attached hydrogens (tertiary/aromatic N) is 2. The summed E-state index contributed by atoms with van der Waals surface area (Å²) in [7, 11) is 0. The minimum atomic E-state index is -0.626. The Morgan fingerprint density at radius 3 is 2.39 bits per heavy atom. The molecule has 0 aliphatic heterocycles. The van der Waals surface area contributed by atoms with E-state index in [0.29, 0.717) is 6.54 Å². The van der Waals surface area contributed by atoms with Crippen molar-refractivity contribution in [3.05, 3.63) is 34.4 Å². The minimum absolute atomic E-state index is 0.301. The van der Waals surface area contributed by atoms with Gasteiger partial charge in [0.2, 0.25) is 12.2 Å². The fraction of sp³-hybridized carbons (Fsp3) is 0.429. The molecule has 0 aromatic heterocycles. The Kier molecular flexibility index (Phi) is 4.33. The third-order valence-electron chi connectivity index (χ3n) is 3.12. The second-order valence-corrected chi connectivity index (χ2v) is 4.70. The van der Waals surface area contributed by atoms with E-state index >= 15 is 0 Å². The van der Waals surface area contributed by atoms with E-state index in [1.807, 2.05) is 39.8 Å². The summed E-state index contributed by atoms with van der Waals surface area (Å²) in [5.74, 6) is 0. The van der Waals surface area contributed by atoms with Crippen molar-refractivity contribution in [3.63, 3.8) is 0 Å². The SMILES string of the molecule is Cc1ccc(C(C)(C)N=C=O)c(C)c1CN=C=O. The van der Waals surface area contributed by atoms with Crippen LogP contribution in [0, 0.1) is 13.8 Å². The van der Waals surface area contributed by atoms with Gasteiger partial charge in [0.05, 0.1) is 12.1 Å². The highest BCUT2D eigenvalue weighted by atomic mass is 16.1. The molecule has 0 unspecified atom stereocenters. The van der Waals surface area contributed by atoms with Crippen LogP contribution in [0.3, 0.4) is 0 Å². The summed E-state index contributed by atoms with van der Waals surface area (Å²) in [6.45, 7) is 7.91. The van der Waals surface area contributed by atoms with E-state index in [9.17, 15) is 9.59 Å². The van der Waals surface area contributed by atoms with Gasteiger partial charge in [-0.25, -0.2) is 14.6 Å². The molecule has 0 radical (unpaired) electrons. The first-order chi connectivity index (χ1) is 8.44. The van der Waals surface area contributed by atoms with Crippen molar-refractivity contribution >= 4 is 12.2 Å². The number of benzene rings is 1. The van der Waals surface area contributed by atoms with Gasteiger partial charge in [0.15, 0.2) is 0 Å². The lowest BCUT2D eigenvalue weighted by Crippen LogP contribution is -2.16. The molecule has 1 aromatic carbocycles. The lowest BCUT2D eigenvalue weighted by molar-refractivity contribution is 0.520. The van der Waals surface area contributed by atoms with Gasteiger partial charge in [-0.15, -0.1) is 0 Å². The molecule has 4 heteroatoms. The lowest BCUT2D eigenvalue weighted by atomic mass is 9.87. The van der Waals surface area contributed by atoms with Gasteiger partial charge in [0.25, 0.3) is 0 Å².